The lowest BCUT2D eigenvalue weighted by Crippen LogP contribution is -2.28. The zero-order valence-corrected chi connectivity index (χ0v) is 13.3. The number of Topliss-reactive ketones (excluding diaryl/α,β-unsaturated/α-hetero) is 1. The molecule has 0 radical (unpaired) electrons. The Labute approximate surface area is 124 Å². The fourth-order valence-corrected chi connectivity index (χ4v) is 4.03. The monoisotopic (exact) mass is 294 g/mol. The number of hydrogen-bond donors (Lipinski definition) is 0. The molecule has 0 saturated carbocycles. The van der Waals surface area contributed by atoms with Crippen LogP contribution in [0.2, 0.25) is 0 Å². The molecule has 1 unspecified atom stereocenters. The maximum absolute atomic E-state index is 12.2. The summed E-state index contributed by atoms with van der Waals surface area (Å²) in [6, 6.07) is 0. The van der Waals surface area contributed by atoms with Gasteiger partial charge in [-0.25, -0.2) is 4.98 Å². The Balaban J connectivity index is 1.77. The molecule has 0 amide bonds. The van der Waals surface area contributed by atoms with Gasteiger partial charge in [0, 0.05) is 26.6 Å². The van der Waals surface area contributed by atoms with Crippen LogP contribution in [0.25, 0.3) is 0 Å². The quantitative estimate of drug-likeness (QED) is 0.859. The molecule has 0 aromatic carbocycles. The summed E-state index contributed by atoms with van der Waals surface area (Å²) in [5.41, 5.74) is 1.04. The molecule has 3 rings (SSSR count). The van der Waals surface area contributed by atoms with Crippen LogP contribution in [0.5, 0.6) is 0 Å². The van der Waals surface area contributed by atoms with Crippen molar-refractivity contribution in [3.8, 4) is 0 Å². The van der Waals surface area contributed by atoms with E-state index in [0.717, 1.165) is 48.1 Å². The molecule has 1 atom stereocenters. The average molecular weight is 294 g/mol. The van der Waals surface area contributed by atoms with Gasteiger partial charge in [-0.1, -0.05) is 25.2 Å². The normalized spacial score (nSPS) is 24.8. The van der Waals surface area contributed by atoms with Crippen LogP contribution in [0.3, 0.4) is 0 Å². The Kier molecular flexibility index (Phi) is 3.58. The number of carbonyl (C=O) groups excluding carboxylic acids is 1. The van der Waals surface area contributed by atoms with Crippen LogP contribution in [0, 0.1) is 5.41 Å². The molecule has 4 nitrogen and oxygen atoms in total. The van der Waals surface area contributed by atoms with Crippen molar-refractivity contribution in [2.45, 2.75) is 45.6 Å². The van der Waals surface area contributed by atoms with Gasteiger partial charge in [-0.3, -0.25) is 4.79 Å². The minimum absolute atomic E-state index is 0.0442. The Bertz CT molecular complexity index is 518. The van der Waals surface area contributed by atoms with E-state index >= 15 is 0 Å². The summed E-state index contributed by atoms with van der Waals surface area (Å²) in [5.74, 6) is 0.255. The molecule has 5 heteroatoms. The highest BCUT2D eigenvalue weighted by Crippen LogP contribution is 2.39. The molecule has 0 bridgehead atoms. The number of ketones is 1. The van der Waals surface area contributed by atoms with E-state index in [2.05, 4.69) is 18.7 Å². The average Bonchev–Trinajstić information content (AvgIpc) is 2.96. The topological polar surface area (TPSA) is 42.4 Å². The third-order valence-electron chi connectivity index (χ3n) is 4.05. The maximum Gasteiger partial charge on any atom is 0.186 e. The van der Waals surface area contributed by atoms with Gasteiger partial charge in [0.15, 0.2) is 10.9 Å². The number of anilines is 1. The summed E-state index contributed by atoms with van der Waals surface area (Å²) in [6.45, 7) is 6.02. The molecule has 110 valence electrons. The molecule has 0 N–H and O–H groups in total. The van der Waals surface area contributed by atoms with E-state index in [1.807, 2.05) is 7.05 Å². The molecular weight excluding hydrogens is 272 g/mol. The van der Waals surface area contributed by atoms with E-state index < -0.39 is 0 Å². The van der Waals surface area contributed by atoms with Crippen molar-refractivity contribution < 1.29 is 9.53 Å². The predicted octanol–water partition coefficient (Wildman–Crippen LogP) is 2.91. The first-order chi connectivity index (χ1) is 9.44. The Morgan fingerprint density at radius 2 is 2.25 bits per heavy atom. The summed E-state index contributed by atoms with van der Waals surface area (Å²) in [7, 11) is 2.04. The summed E-state index contributed by atoms with van der Waals surface area (Å²) in [6.07, 6.45) is 4.13. The van der Waals surface area contributed by atoms with Crippen molar-refractivity contribution in [3.05, 3.63) is 10.6 Å². The number of hydrogen-bond acceptors (Lipinski definition) is 5. The van der Waals surface area contributed by atoms with Gasteiger partial charge in [-0.2, -0.15) is 0 Å². The largest absolute Gasteiger partial charge is 0.376 e. The molecule has 1 aromatic heterocycles. The molecule has 0 spiro atoms. The van der Waals surface area contributed by atoms with E-state index in [4.69, 9.17) is 9.72 Å². The third-order valence-corrected chi connectivity index (χ3v) is 5.31. The van der Waals surface area contributed by atoms with Crippen molar-refractivity contribution in [2.75, 3.05) is 25.1 Å². The zero-order chi connectivity index (χ0) is 14.3. The van der Waals surface area contributed by atoms with Gasteiger partial charge in [0.25, 0.3) is 0 Å². The molecule has 20 heavy (non-hydrogen) atoms. The number of nitrogens with zero attached hydrogens (tertiary/aromatic N) is 2. The highest BCUT2D eigenvalue weighted by Gasteiger charge is 2.34. The van der Waals surface area contributed by atoms with E-state index in [9.17, 15) is 4.79 Å². The second-order valence-corrected chi connectivity index (χ2v) is 7.71. The molecule has 1 aromatic rings. The maximum atomic E-state index is 12.2. The number of carbonyl (C=O) groups is 1. The van der Waals surface area contributed by atoms with Gasteiger partial charge >= 0.3 is 0 Å². The van der Waals surface area contributed by atoms with Crippen LogP contribution >= 0.6 is 11.3 Å². The van der Waals surface area contributed by atoms with Crippen molar-refractivity contribution in [1.29, 1.82) is 0 Å². The lowest BCUT2D eigenvalue weighted by Gasteiger charge is -2.26. The summed E-state index contributed by atoms with van der Waals surface area (Å²) in [5, 5.41) is 0.955. The number of ether oxygens (including phenoxy) is 1. The second-order valence-electron chi connectivity index (χ2n) is 6.73. The highest BCUT2D eigenvalue weighted by molar-refractivity contribution is 7.17. The van der Waals surface area contributed by atoms with Gasteiger partial charge in [0.1, 0.15) is 0 Å². The molecule has 2 heterocycles. The van der Waals surface area contributed by atoms with Gasteiger partial charge in [-0.05, 0) is 24.7 Å². The Morgan fingerprint density at radius 3 is 2.95 bits per heavy atom. The summed E-state index contributed by atoms with van der Waals surface area (Å²) < 4.78 is 5.67. The SMILES string of the molecule is CN(CC1CCCO1)c1nc2c(s1)C(=O)CC(C)(C)C2. The molecule has 1 aliphatic heterocycles. The number of rotatable bonds is 3. The van der Waals surface area contributed by atoms with Crippen LogP contribution in [0.1, 0.15) is 48.5 Å². The number of likely N-dealkylation sites (N-methyl/N-ethyl adjacent to an activating group) is 1. The van der Waals surface area contributed by atoms with Crippen molar-refractivity contribution >= 4 is 22.3 Å². The minimum Gasteiger partial charge on any atom is -0.376 e. The molecule has 1 fully saturated rings. The summed E-state index contributed by atoms with van der Waals surface area (Å²) in [4.78, 5) is 19.9. The van der Waals surface area contributed by atoms with E-state index in [1.54, 1.807) is 11.3 Å². The van der Waals surface area contributed by atoms with Gasteiger partial charge in [-0.15, -0.1) is 0 Å². The van der Waals surface area contributed by atoms with Gasteiger partial charge < -0.3 is 9.64 Å². The lowest BCUT2D eigenvalue weighted by molar-refractivity contribution is 0.0916. The first kappa shape index (κ1) is 14.0. The molecule has 2 aliphatic rings. The number of aromatic nitrogens is 1. The first-order valence-electron chi connectivity index (χ1n) is 7.30. The third kappa shape index (κ3) is 2.74. The lowest BCUT2D eigenvalue weighted by atomic mass is 9.78. The van der Waals surface area contributed by atoms with Gasteiger partial charge in [0.2, 0.25) is 0 Å². The Morgan fingerprint density at radius 1 is 1.45 bits per heavy atom. The van der Waals surface area contributed by atoms with Crippen molar-refractivity contribution in [2.24, 2.45) is 5.41 Å². The first-order valence-corrected chi connectivity index (χ1v) is 8.12. The smallest absolute Gasteiger partial charge is 0.186 e. The number of thiazole rings is 1. The van der Waals surface area contributed by atoms with Crippen LogP contribution in [-0.2, 0) is 11.2 Å². The summed E-state index contributed by atoms with van der Waals surface area (Å²) >= 11 is 1.55. The second kappa shape index (κ2) is 5.11. The van der Waals surface area contributed by atoms with Gasteiger partial charge in [0.05, 0.1) is 16.7 Å². The van der Waals surface area contributed by atoms with E-state index in [-0.39, 0.29) is 11.2 Å². The fourth-order valence-electron chi connectivity index (χ4n) is 3.04. The van der Waals surface area contributed by atoms with Crippen molar-refractivity contribution in [1.82, 2.24) is 4.98 Å². The molecular formula is C15H22N2O2S. The Hall–Kier alpha value is -0.940. The number of fused-ring (bicyclic) bond motifs is 1. The van der Waals surface area contributed by atoms with Crippen LogP contribution in [0.4, 0.5) is 5.13 Å². The fraction of sp³-hybridized carbons (Fsp3) is 0.733. The molecule has 1 aliphatic carbocycles. The zero-order valence-electron chi connectivity index (χ0n) is 12.4. The highest BCUT2D eigenvalue weighted by atomic mass is 32.1. The van der Waals surface area contributed by atoms with Crippen LogP contribution in [0.15, 0.2) is 0 Å². The van der Waals surface area contributed by atoms with Crippen LogP contribution < -0.4 is 4.90 Å². The predicted molar refractivity (Wildman–Crippen MR) is 80.8 cm³/mol. The molecule has 1 saturated heterocycles. The minimum atomic E-state index is 0.0442. The standard InChI is InChI=1S/C15H22N2O2S/c1-15(2)7-11-13(12(18)8-15)20-14(16-11)17(3)9-10-5-4-6-19-10/h10H,4-9H2,1-3H3. The van der Waals surface area contributed by atoms with E-state index in [1.165, 1.54) is 0 Å². The van der Waals surface area contributed by atoms with Crippen molar-refractivity contribution in [3.63, 3.8) is 0 Å². The van der Waals surface area contributed by atoms with E-state index in [0.29, 0.717) is 12.5 Å². The van der Waals surface area contributed by atoms with Crippen LogP contribution in [-0.4, -0.2) is 37.1 Å².